The molecule has 2 amide bonds. The first-order valence-corrected chi connectivity index (χ1v) is 9.88. The van der Waals surface area contributed by atoms with Gasteiger partial charge < -0.3 is 19.4 Å². The Morgan fingerprint density at radius 3 is 2.36 bits per heavy atom. The van der Waals surface area contributed by atoms with Crippen LogP contribution in [-0.2, 0) is 14.3 Å². The van der Waals surface area contributed by atoms with Gasteiger partial charge in [-0.25, -0.2) is 0 Å². The number of hydrogen-bond acceptors (Lipinski definition) is 4. The molecule has 3 fully saturated rings. The van der Waals surface area contributed by atoms with E-state index in [0.717, 1.165) is 71.2 Å². The van der Waals surface area contributed by atoms with Gasteiger partial charge in [0.2, 0.25) is 11.8 Å². The molecule has 0 aromatic carbocycles. The van der Waals surface area contributed by atoms with Gasteiger partial charge in [-0.15, -0.1) is 0 Å². The molecule has 6 nitrogen and oxygen atoms in total. The summed E-state index contributed by atoms with van der Waals surface area (Å²) < 4.78 is 5.37. The molecule has 0 saturated carbocycles. The predicted molar refractivity (Wildman–Crippen MR) is 96.2 cm³/mol. The van der Waals surface area contributed by atoms with Crippen molar-refractivity contribution >= 4 is 11.8 Å². The van der Waals surface area contributed by atoms with Crippen molar-refractivity contribution in [1.82, 2.24) is 14.7 Å². The second kappa shape index (κ2) is 8.49. The van der Waals surface area contributed by atoms with Crippen molar-refractivity contribution < 1.29 is 14.3 Å². The number of nitrogens with zero attached hydrogens (tertiary/aromatic N) is 3. The molecule has 1 unspecified atom stereocenters. The van der Waals surface area contributed by atoms with E-state index in [-0.39, 0.29) is 23.8 Å². The summed E-state index contributed by atoms with van der Waals surface area (Å²) >= 11 is 0. The maximum absolute atomic E-state index is 12.9. The first kappa shape index (κ1) is 18.6. The molecule has 6 heteroatoms. The van der Waals surface area contributed by atoms with E-state index < -0.39 is 0 Å². The van der Waals surface area contributed by atoms with E-state index in [2.05, 4.69) is 16.8 Å². The van der Waals surface area contributed by atoms with E-state index in [9.17, 15) is 9.59 Å². The molecule has 3 aliphatic heterocycles. The molecule has 0 aromatic rings. The van der Waals surface area contributed by atoms with Crippen molar-refractivity contribution in [3.63, 3.8) is 0 Å². The van der Waals surface area contributed by atoms with Gasteiger partial charge in [-0.2, -0.15) is 0 Å². The van der Waals surface area contributed by atoms with Crippen molar-refractivity contribution in [2.75, 3.05) is 46.9 Å². The minimum Gasteiger partial charge on any atom is -0.381 e. The number of hydrogen-bond donors (Lipinski definition) is 0. The fourth-order valence-electron chi connectivity index (χ4n) is 4.52. The Morgan fingerprint density at radius 1 is 1.04 bits per heavy atom. The molecule has 1 atom stereocenters. The van der Waals surface area contributed by atoms with Crippen LogP contribution in [0.5, 0.6) is 0 Å². The first-order chi connectivity index (χ1) is 12.1. The van der Waals surface area contributed by atoms with Gasteiger partial charge in [0.1, 0.15) is 0 Å². The van der Waals surface area contributed by atoms with E-state index in [1.54, 1.807) is 7.11 Å². The standard InChI is InChI=1S/C19H33N3O3/c1-20-10-5-16(6-11-20)22-9-3-4-15(19(22)24)14-18(23)21-12-7-17(25-2)8-13-21/h15-17H,3-14H2,1-2H3. The molecular formula is C19H33N3O3. The number of piperidine rings is 3. The van der Waals surface area contributed by atoms with Crippen LogP contribution in [0.25, 0.3) is 0 Å². The summed E-state index contributed by atoms with van der Waals surface area (Å²) in [6.07, 6.45) is 6.50. The van der Waals surface area contributed by atoms with Crippen molar-refractivity contribution in [3.8, 4) is 0 Å². The maximum Gasteiger partial charge on any atom is 0.226 e. The van der Waals surface area contributed by atoms with Gasteiger partial charge >= 0.3 is 0 Å². The highest BCUT2D eigenvalue weighted by Crippen LogP contribution is 2.27. The molecule has 3 saturated heterocycles. The zero-order valence-corrected chi connectivity index (χ0v) is 15.8. The number of ether oxygens (including phenoxy) is 1. The van der Waals surface area contributed by atoms with Gasteiger partial charge in [-0.3, -0.25) is 9.59 Å². The average Bonchev–Trinajstić information content (AvgIpc) is 2.64. The van der Waals surface area contributed by atoms with Crippen molar-refractivity contribution in [1.29, 1.82) is 0 Å². The molecule has 3 heterocycles. The van der Waals surface area contributed by atoms with E-state index in [1.807, 2.05) is 4.90 Å². The highest BCUT2D eigenvalue weighted by atomic mass is 16.5. The van der Waals surface area contributed by atoms with E-state index in [1.165, 1.54) is 0 Å². The minimum atomic E-state index is -0.110. The summed E-state index contributed by atoms with van der Waals surface area (Å²) in [6, 6.07) is 0.374. The molecule has 0 aliphatic carbocycles. The van der Waals surface area contributed by atoms with Crippen LogP contribution in [-0.4, -0.2) is 85.5 Å². The van der Waals surface area contributed by atoms with Crippen LogP contribution in [0.1, 0.15) is 44.9 Å². The Morgan fingerprint density at radius 2 is 1.72 bits per heavy atom. The monoisotopic (exact) mass is 351 g/mol. The third kappa shape index (κ3) is 4.53. The van der Waals surface area contributed by atoms with Crippen LogP contribution in [0.3, 0.4) is 0 Å². The van der Waals surface area contributed by atoms with Crippen molar-refractivity contribution in [2.45, 2.75) is 57.1 Å². The third-order valence-corrected chi connectivity index (χ3v) is 6.26. The quantitative estimate of drug-likeness (QED) is 0.767. The molecule has 3 aliphatic rings. The van der Waals surface area contributed by atoms with Gasteiger partial charge in [0.05, 0.1) is 6.10 Å². The van der Waals surface area contributed by atoms with Crippen LogP contribution < -0.4 is 0 Å². The normalized spacial score (nSPS) is 27.8. The summed E-state index contributed by atoms with van der Waals surface area (Å²) in [7, 11) is 3.88. The number of amides is 2. The highest BCUT2D eigenvalue weighted by Gasteiger charge is 2.36. The van der Waals surface area contributed by atoms with Gasteiger partial charge in [0, 0.05) is 45.1 Å². The lowest BCUT2D eigenvalue weighted by Crippen LogP contribution is -2.52. The van der Waals surface area contributed by atoms with E-state index in [0.29, 0.717) is 12.5 Å². The molecule has 142 valence electrons. The molecule has 0 bridgehead atoms. The molecular weight excluding hydrogens is 318 g/mol. The van der Waals surface area contributed by atoms with Crippen LogP contribution >= 0.6 is 0 Å². The van der Waals surface area contributed by atoms with Crippen LogP contribution in [0.15, 0.2) is 0 Å². The topological polar surface area (TPSA) is 53.1 Å². The number of carbonyl (C=O) groups excluding carboxylic acids is 2. The first-order valence-electron chi connectivity index (χ1n) is 9.88. The summed E-state index contributed by atoms with van der Waals surface area (Å²) in [5.41, 5.74) is 0. The van der Waals surface area contributed by atoms with Crippen LogP contribution in [0.2, 0.25) is 0 Å². The van der Waals surface area contributed by atoms with Crippen LogP contribution in [0, 0.1) is 5.92 Å². The van der Waals surface area contributed by atoms with Crippen LogP contribution in [0.4, 0.5) is 0 Å². The Labute approximate surface area is 151 Å². The zero-order valence-electron chi connectivity index (χ0n) is 15.8. The predicted octanol–water partition coefficient (Wildman–Crippen LogP) is 1.35. The SMILES string of the molecule is COC1CCN(C(=O)CC2CCCN(C3CCN(C)CC3)C2=O)CC1. The molecule has 0 spiro atoms. The highest BCUT2D eigenvalue weighted by molar-refractivity contribution is 5.86. The molecule has 0 aromatic heterocycles. The van der Waals surface area contributed by atoms with Gasteiger partial charge in [0.15, 0.2) is 0 Å². The van der Waals surface area contributed by atoms with Crippen molar-refractivity contribution in [3.05, 3.63) is 0 Å². The van der Waals surface area contributed by atoms with Crippen molar-refractivity contribution in [2.24, 2.45) is 5.92 Å². The van der Waals surface area contributed by atoms with Gasteiger partial charge in [-0.05, 0) is 58.7 Å². The smallest absolute Gasteiger partial charge is 0.226 e. The molecule has 3 rings (SSSR count). The summed E-state index contributed by atoms with van der Waals surface area (Å²) in [6.45, 7) is 4.52. The Bertz CT molecular complexity index is 469. The second-order valence-electron chi connectivity index (χ2n) is 7.93. The number of carbonyl (C=O) groups is 2. The largest absolute Gasteiger partial charge is 0.381 e. The molecule has 25 heavy (non-hydrogen) atoms. The van der Waals surface area contributed by atoms with Gasteiger partial charge in [-0.1, -0.05) is 0 Å². The molecule has 0 N–H and O–H groups in total. The number of methoxy groups -OCH3 is 1. The van der Waals surface area contributed by atoms with E-state index >= 15 is 0 Å². The molecule has 0 radical (unpaired) electrons. The Hall–Kier alpha value is -1.14. The summed E-state index contributed by atoms with van der Waals surface area (Å²) in [4.78, 5) is 31.9. The zero-order chi connectivity index (χ0) is 17.8. The lowest BCUT2D eigenvalue weighted by molar-refractivity contribution is -0.147. The number of likely N-dealkylation sites (tertiary alicyclic amines) is 3. The Kier molecular flexibility index (Phi) is 6.34. The van der Waals surface area contributed by atoms with E-state index in [4.69, 9.17) is 4.74 Å². The number of rotatable bonds is 4. The second-order valence-corrected chi connectivity index (χ2v) is 7.93. The lowest BCUT2D eigenvalue weighted by Gasteiger charge is -2.41. The fourth-order valence-corrected chi connectivity index (χ4v) is 4.52. The summed E-state index contributed by atoms with van der Waals surface area (Å²) in [5, 5.41) is 0. The van der Waals surface area contributed by atoms with Gasteiger partial charge in [0.25, 0.3) is 0 Å². The average molecular weight is 351 g/mol. The third-order valence-electron chi connectivity index (χ3n) is 6.26. The lowest BCUT2D eigenvalue weighted by atomic mass is 9.90. The summed E-state index contributed by atoms with van der Waals surface area (Å²) in [5.74, 6) is 0.264. The maximum atomic E-state index is 12.9. The Balaban J connectivity index is 1.52. The fraction of sp³-hybridized carbons (Fsp3) is 0.895. The minimum absolute atomic E-state index is 0.110.